The molecule has 13 heavy (non-hydrogen) atoms. The van der Waals surface area contributed by atoms with E-state index in [2.05, 4.69) is 0 Å². The van der Waals surface area contributed by atoms with E-state index in [0.29, 0.717) is 0 Å². The zero-order valence-corrected chi connectivity index (χ0v) is 10.1. The first-order valence-corrected chi connectivity index (χ1v) is 4.63. The van der Waals surface area contributed by atoms with E-state index in [1.807, 2.05) is 12.1 Å². The Balaban J connectivity index is 0.000000845. The van der Waals surface area contributed by atoms with E-state index in [-0.39, 0.29) is 35.3 Å². The van der Waals surface area contributed by atoms with E-state index in [9.17, 15) is 5.11 Å². The molecule has 2 rings (SSSR count). The first-order chi connectivity index (χ1) is 5.86. The molecule has 0 aromatic heterocycles. The van der Waals surface area contributed by atoms with Gasteiger partial charge in [0, 0.05) is 0 Å². The molecule has 1 saturated carbocycles. The molecule has 1 nitrogen and oxygen atoms in total. The maximum Gasteiger partial charge on any atom is 1.00 e. The Morgan fingerprint density at radius 3 is 2.08 bits per heavy atom. The van der Waals surface area contributed by atoms with E-state index >= 15 is 0 Å². The maximum absolute atomic E-state index is 10.8. The van der Waals surface area contributed by atoms with Crippen LogP contribution in [0.3, 0.4) is 0 Å². The fourth-order valence-electron chi connectivity index (χ4n) is 2.00. The quantitative estimate of drug-likeness (QED) is 0.536. The molecule has 0 heterocycles. The molecule has 0 atom stereocenters. The van der Waals surface area contributed by atoms with E-state index in [0.717, 1.165) is 5.92 Å². The van der Waals surface area contributed by atoms with Crippen molar-refractivity contribution >= 4 is 0 Å². The molecule has 1 aliphatic rings. The third-order valence-corrected chi connectivity index (χ3v) is 2.71. The van der Waals surface area contributed by atoms with Gasteiger partial charge in [0.25, 0.3) is 0 Å². The Morgan fingerprint density at radius 1 is 1.00 bits per heavy atom. The summed E-state index contributed by atoms with van der Waals surface area (Å²) >= 11 is 0. The predicted molar refractivity (Wildman–Crippen MR) is 47.1 cm³/mol. The summed E-state index contributed by atoms with van der Waals surface area (Å²) in [4.78, 5) is 0. The van der Waals surface area contributed by atoms with Crippen LogP contribution in [-0.4, -0.2) is 0 Å². The van der Waals surface area contributed by atoms with Crippen molar-refractivity contribution in [2.24, 2.45) is 0 Å². The van der Waals surface area contributed by atoms with Gasteiger partial charge in [-0.3, -0.25) is 0 Å². The average molecular weight is 184 g/mol. The van der Waals surface area contributed by atoms with Gasteiger partial charge in [-0.05, 0) is 24.3 Å². The number of hydrogen-bond acceptors (Lipinski definition) is 1. The van der Waals surface area contributed by atoms with Gasteiger partial charge >= 0.3 is 29.6 Å². The summed E-state index contributed by atoms with van der Waals surface area (Å²) in [6, 6.07) is 7.32. The third kappa shape index (κ3) is 2.73. The van der Waals surface area contributed by atoms with E-state index in [4.69, 9.17) is 0 Å². The molecule has 0 spiro atoms. The summed E-state index contributed by atoms with van der Waals surface area (Å²) in [5.41, 5.74) is 1.35. The molecule has 0 amide bonds. The first kappa shape index (κ1) is 11.1. The molecule has 0 unspecified atom stereocenters. The standard InChI is InChI=1S/C11H14O.Na/c12-11-7-5-10(6-8-11)9-3-1-2-4-9;/h5-9,12H,1-4H2;/q;+1/p-1. The Morgan fingerprint density at radius 2 is 1.54 bits per heavy atom. The molecule has 1 fully saturated rings. The van der Waals surface area contributed by atoms with Crippen LogP contribution >= 0.6 is 0 Å². The van der Waals surface area contributed by atoms with Crippen LogP contribution in [0.1, 0.15) is 37.2 Å². The average Bonchev–Trinajstić information content (AvgIpc) is 2.58. The topological polar surface area (TPSA) is 23.1 Å². The minimum Gasteiger partial charge on any atom is -0.872 e. The van der Waals surface area contributed by atoms with Crippen LogP contribution in [0.2, 0.25) is 0 Å². The van der Waals surface area contributed by atoms with Gasteiger partial charge in [0.05, 0.1) is 0 Å². The van der Waals surface area contributed by atoms with Gasteiger partial charge < -0.3 is 5.11 Å². The molecule has 1 aromatic carbocycles. The van der Waals surface area contributed by atoms with Crippen molar-refractivity contribution in [1.82, 2.24) is 0 Å². The molecular weight excluding hydrogens is 171 g/mol. The molecule has 0 N–H and O–H groups in total. The Kier molecular flexibility index (Phi) is 4.30. The van der Waals surface area contributed by atoms with Gasteiger partial charge in [0.15, 0.2) is 0 Å². The summed E-state index contributed by atoms with van der Waals surface area (Å²) in [6.45, 7) is 0. The Hall–Kier alpha value is 0.0200. The zero-order valence-electron chi connectivity index (χ0n) is 8.12. The fraction of sp³-hybridized carbons (Fsp3) is 0.455. The van der Waals surface area contributed by atoms with Crippen molar-refractivity contribution in [3.05, 3.63) is 29.8 Å². The minimum absolute atomic E-state index is 0. The van der Waals surface area contributed by atoms with Gasteiger partial charge in [-0.1, -0.05) is 37.1 Å². The number of rotatable bonds is 1. The maximum atomic E-state index is 10.8. The second kappa shape index (κ2) is 5.04. The Labute approximate surface area is 101 Å². The van der Waals surface area contributed by atoms with Gasteiger partial charge in [-0.15, -0.1) is 5.75 Å². The van der Waals surface area contributed by atoms with Gasteiger partial charge in [-0.2, -0.15) is 0 Å². The van der Waals surface area contributed by atoms with E-state index < -0.39 is 0 Å². The van der Waals surface area contributed by atoms with Gasteiger partial charge in [0.1, 0.15) is 0 Å². The largest absolute Gasteiger partial charge is 1.00 e. The molecule has 1 aromatic rings. The molecule has 64 valence electrons. The molecule has 0 bridgehead atoms. The van der Waals surface area contributed by atoms with Crippen molar-refractivity contribution in [2.75, 3.05) is 0 Å². The smallest absolute Gasteiger partial charge is 0.872 e. The van der Waals surface area contributed by atoms with Crippen molar-refractivity contribution < 1.29 is 34.7 Å². The van der Waals surface area contributed by atoms with Gasteiger partial charge in [-0.25, -0.2) is 0 Å². The van der Waals surface area contributed by atoms with Crippen LogP contribution in [0.5, 0.6) is 5.75 Å². The summed E-state index contributed by atoms with van der Waals surface area (Å²) in [7, 11) is 0. The molecule has 0 aliphatic heterocycles. The van der Waals surface area contributed by atoms with Crippen LogP contribution in [0.4, 0.5) is 0 Å². The second-order valence-electron chi connectivity index (χ2n) is 3.55. The van der Waals surface area contributed by atoms with E-state index in [1.54, 1.807) is 12.1 Å². The minimum atomic E-state index is 0. The zero-order chi connectivity index (χ0) is 8.39. The fourth-order valence-corrected chi connectivity index (χ4v) is 2.00. The van der Waals surface area contributed by atoms with Crippen molar-refractivity contribution in [3.8, 4) is 5.75 Å². The van der Waals surface area contributed by atoms with Crippen LogP contribution < -0.4 is 34.7 Å². The monoisotopic (exact) mass is 184 g/mol. The normalized spacial score (nSPS) is 16.9. The van der Waals surface area contributed by atoms with Crippen molar-refractivity contribution in [1.29, 1.82) is 0 Å². The van der Waals surface area contributed by atoms with Gasteiger partial charge in [0.2, 0.25) is 0 Å². The molecule has 0 radical (unpaired) electrons. The second-order valence-corrected chi connectivity index (χ2v) is 3.55. The van der Waals surface area contributed by atoms with Crippen LogP contribution in [0.15, 0.2) is 24.3 Å². The molecule has 1 aliphatic carbocycles. The number of benzene rings is 1. The van der Waals surface area contributed by atoms with Crippen LogP contribution in [0, 0.1) is 0 Å². The number of hydrogen-bond donors (Lipinski definition) is 0. The first-order valence-electron chi connectivity index (χ1n) is 4.63. The van der Waals surface area contributed by atoms with Crippen LogP contribution in [-0.2, 0) is 0 Å². The third-order valence-electron chi connectivity index (χ3n) is 2.71. The Bertz CT molecular complexity index is 249. The molecule has 0 saturated heterocycles. The summed E-state index contributed by atoms with van der Waals surface area (Å²) in [5, 5.41) is 10.8. The van der Waals surface area contributed by atoms with Crippen LogP contribution in [0.25, 0.3) is 0 Å². The molecular formula is C11H13NaO. The van der Waals surface area contributed by atoms with E-state index in [1.165, 1.54) is 31.2 Å². The SMILES string of the molecule is [Na+].[O-]c1ccc(C2CCCC2)cc1. The summed E-state index contributed by atoms with van der Waals surface area (Å²) < 4.78 is 0. The predicted octanol–water partition coefficient (Wildman–Crippen LogP) is -0.578. The summed E-state index contributed by atoms with van der Waals surface area (Å²) in [6.07, 6.45) is 5.31. The van der Waals surface area contributed by atoms with Crippen molar-refractivity contribution in [3.63, 3.8) is 0 Å². The molecule has 2 heteroatoms. The summed E-state index contributed by atoms with van der Waals surface area (Å²) in [5.74, 6) is 0.849. The van der Waals surface area contributed by atoms with Crippen molar-refractivity contribution in [2.45, 2.75) is 31.6 Å².